The molecule has 0 spiro atoms. The van der Waals surface area contributed by atoms with Crippen LogP contribution < -0.4 is 0 Å². The second-order valence-electron chi connectivity index (χ2n) is 6.60. The van der Waals surface area contributed by atoms with E-state index < -0.39 is 5.41 Å². The Morgan fingerprint density at radius 1 is 1.05 bits per heavy atom. The molecule has 120 valence electrons. The highest BCUT2D eigenvalue weighted by atomic mass is 16.5. The Bertz CT molecular complexity index is 249. The summed E-state index contributed by atoms with van der Waals surface area (Å²) in [6.45, 7) is 14.3. The van der Waals surface area contributed by atoms with Gasteiger partial charge in [0.1, 0.15) is 0 Å². The van der Waals surface area contributed by atoms with Crippen molar-refractivity contribution in [3.05, 3.63) is 0 Å². The molecule has 0 aliphatic carbocycles. The molecule has 0 aromatic carbocycles. The first-order valence-electron chi connectivity index (χ1n) is 8.13. The van der Waals surface area contributed by atoms with Gasteiger partial charge >= 0.3 is 5.97 Å². The molecule has 0 rings (SSSR count). The second-order valence-corrected chi connectivity index (χ2v) is 6.60. The number of ether oxygens (including phenoxy) is 2. The summed E-state index contributed by atoms with van der Waals surface area (Å²) in [5.74, 6) is 0.836. The molecule has 0 heterocycles. The van der Waals surface area contributed by atoms with Crippen molar-refractivity contribution < 1.29 is 14.3 Å². The topological polar surface area (TPSA) is 35.5 Å². The molecule has 0 saturated carbocycles. The minimum atomic E-state index is -0.480. The smallest absolute Gasteiger partial charge is 0.314 e. The van der Waals surface area contributed by atoms with E-state index in [2.05, 4.69) is 34.6 Å². The van der Waals surface area contributed by atoms with Gasteiger partial charge in [0, 0.05) is 6.61 Å². The molecule has 0 saturated heterocycles. The zero-order valence-corrected chi connectivity index (χ0v) is 14.3. The molecule has 0 amide bonds. The van der Waals surface area contributed by atoms with Crippen molar-refractivity contribution in [2.75, 3.05) is 19.8 Å². The van der Waals surface area contributed by atoms with Crippen LogP contribution in [0.15, 0.2) is 0 Å². The van der Waals surface area contributed by atoms with E-state index in [1.807, 2.05) is 6.92 Å². The quantitative estimate of drug-likeness (QED) is 0.416. The van der Waals surface area contributed by atoms with Gasteiger partial charge in [0.25, 0.3) is 0 Å². The molecule has 0 fully saturated rings. The first-order valence-corrected chi connectivity index (χ1v) is 8.13. The van der Waals surface area contributed by atoms with Crippen LogP contribution in [0.2, 0.25) is 0 Å². The molecule has 3 nitrogen and oxygen atoms in total. The van der Waals surface area contributed by atoms with Gasteiger partial charge in [-0.3, -0.25) is 4.79 Å². The van der Waals surface area contributed by atoms with Crippen LogP contribution in [0.3, 0.4) is 0 Å². The van der Waals surface area contributed by atoms with Crippen molar-refractivity contribution in [2.45, 2.75) is 67.2 Å². The third kappa shape index (κ3) is 7.28. The van der Waals surface area contributed by atoms with Crippen molar-refractivity contribution in [3.8, 4) is 0 Å². The Balaban J connectivity index is 4.96. The number of hydrogen-bond donors (Lipinski definition) is 0. The van der Waals surface area contributed by atoms with Crippen LogP contribution in [0.1, 0.15) is 67.2 Å². The van der Waals surface area contributed by atoms with Crippen LogP contribution in [0.4, 0.5) is 0 Å². The summed E-state index contributed by atoms with van der Waals surface area (Å²) in [5, 5.41) is 0. The molecule has 0 aliphatic heterocycles. The van der Waals surface area contributed by atoms with Crippen LogP contribution in [-0.4, -0.2) is 25.8 Å². The summed E-state index contributed by atoms with van der Waals surface area (Å²) >= 11 is 0. The van der Waals surface area contributed by atoms with Crippen LogP contribution >= 0.6 is 0 Å². The predicted molar refractivity (Wildman–Crippen MR) is 83.7 cm³/mol. The van der Waals surface area contributed by atoms with Gasteiger partial charge in [-0.25, -0.2) is 0 Å². The number of esters is 1. The largest absolute Gasteiger partial charge is 0.465 e. The molecule has 0 aliphatic rings. The van der Waals surface area contributed by atoms with Crippen molar-refractivity contribution in [2.24, 2.45) is 17.3 Å². The lowest BCUT2D eigenvalue weighted by molar-refractivity contribution is -0.163. The SMILES string of the molecule is CCCCOC(=O)C(COCC)(CC(C)C)CC(C)C. The van der Waals surface area contributed by atoms with Crippen LogP contribution in [-0.2, 0) is 14.3 Å². The number of carbonyl (C=O) groups is 1. The van der Waals surface area contributed by atoms with Gasteiger partial charge in [-0.1, -0.05) is 41.0 Å². The van der Waals surface area contributed by atoms with Crippen molar-refractivity contribution >= 4 is 5.97 Å². The molecule has 0 radical (unpaired) electrons. The van der Waals surface area contributed by atoms with Gasteiger partial charge in [-0.2, -0.15) is 0 Å². The Morgan fingerprint density at radius 3 is 2.00 bits per heavy atom. The Kier molecular flexibility index (Phi) is 9.91. The molecular weight excluding hydrogens is 252 g/mol. The van der Waals surface area contributed by atoms with Gasteiger partial charge < -0.3 is 9.47 Å². The summed E-state index contributed by atoms with van der Waals surface area (Å²) in [6, 6.07) is 0. The summed E-state index contributed by atoms with van der Waals surface area (Å²) in [5.41, 5.74) is -0.480. The summed E-state index contributed by atoms with van der Waals surface area (Å²) in [4.78, 5) is 12.6. The summed E-state index contributed by atoms with van der Waals surface area (Å²) < 4.78 is 11.2. The highest BCUT2D eigenvalue weighted by Crippen LogP contribution is 2.36. The zero-order valence-electron chi connectivity index (χ0n) is 14.3. The van der Waals surface area contributed by atoms with Gasteiger partial charge in [-0.15, -0.1) is 0 Å². The van der Waals surface area contributed by atoms with Crippen LogP contribution in [0.5, 0.6) is 0 Å². The maximum absolute atomic E-state index is 12.6. The van der Waals surface area contributed by atoms with Gasteiger partial charge in [0.05, 0.1) is 18.6 Å². The van der Waals surface area contributed by atoms with E-state index >= 15 is 0 Å². The van der Waals surface area contributed by atoms with Gasteiger partial charge in [0.2, 0.25) is 0 Å². The first-order chi connectivity index (χ1) is 9.38. The molecule has 0 bridgehead atoms. The van der Waals surface area contributed by atoms with Crippen molar-refractivity contribution in [1.82, 2.24) is 0 Å². The fraction of sp³-hybridized carbons (Fsp3) is 0.941. The zero-order chi connectivity index (χ0) is 15.6. The monoisotopic (exact) mass is 286 g/mol. The lowest BCUT2D eigenvalue weighted by Crippen LogP contribution is -2.40. The highest BCUT2D eigenvalue weighted by Gasteiger charge is 2.41. The molecular formula is C17H34O3. The molecule has 20 heavy (non-hydrogen) atoms. The Morgan fingerprint density at radius 2 is 1.60 bits per heavy atom. The molecule has 0 aromatic rings. The minimum absolute atomic E-state index is 0.0678. The van der Waals surface area contributed by atoms with E-state index in [4.69, 9.17) is 9.47 Å². The lowest BCUT2D eigenvalue weighted by Gasteiger charge is -2.34. The maximum Gasteiger partial charge on any atom is 0.314 e. The molecule has 0 N–H and O–H groups in total. The summed E-state index contributed by atoms with van der Waals surface area (Å²) in [7, 11) is 0. The van der Waals surface area contributed by atoms with Crippen molar-refractivity contribution in [1.29, 1.82) is 0 Å². The number of hydrogen-bond acceptors (Lipinski definition) is 3. The predicted octanol–water partition coefficient (Wildman–Crippen LogP) is 4.44. The molecule has 0 aromatic heterocycles. The normalized spacial score (nSPS) is 12.2. The molecule has 3 heteroatoms. The molecule has 0 unspecified atom stereocenters. The van der Waals surface area contributed by atoms with E-state index in [0.29, 0.717) is 31.7 Å². The van der Waals surface area contributed by atoms with Crippen LogP contribution in [0.25, 0.3) is 0 Å². The van der Waals surface area contributed by atoms with E-state index in [-0.39, 0.29) is 5.97 Å². The fourth-order valence-electron chi connectivity index (χ4n) is 2.75. The third-order valence-electron chi connectivity index (χ3n) is 3.34. The Hall–Kier alpha value is -0.570. The average Bonchev–Trinajstić information content (AvgIpc) is 2.34. The number of rotatable bonds is 11. The van der Waals surface area contributed by atoms with Crippen LogP contribution in [0, 0.1) is 17.3 Å². The third-order valence-corrected chi connectivity index (χ3v) is 3.34. The van der Waals surface area contributed by atoms with Gasteiger partial charge in [0.15, 0.2) is 0 Å². The van der Waals surface area contributed by atoms with E-state index in [0.717, 1.165) is 25.7 Å². The highest BCUT2D eigenvalue weighted by molar-refractivity contribution is 5.77. The summed E-state index contributed by atoms with van der Waals surface area (Å²) in [6.07, 6.45) is 3.63. The Labute approximate surface area is 125 Å². The number of unbranched alkanes of at least 4 members (excludes halogenated alkanes) is 1. The van der Waals surface area contributed by atoms with Crippen molar-refractivity contribution in [3.63, 3.8) is 0 Å². The first kappa shape index (κ1) is 19.4. The minimum Gasteiger partial charge on any atom is -0.465 e. The maximum atomic E-state index is 12.6. The van der Waals surface area contributed by atoms with E-state index in [9.17, 15) is 4.79 Å². The number of carbonyl (C=O) groups excluding carboxylic acids is 1. The average molecular weight is 286 g/mol. The van der Waals surface area contributed by atoms with E-state index in [1.54, 1.807) is 0 Å². The fourth-order valence-corrected chi connectivity index (χ4v) is 2.75. The van der Waals surface area contributed by atoms with E-state index in [1.165, 1.54) is 0 Å². The molecule has 0 atom stereocenters. The second kappa shape index (κ2) is 10.2. The standard InChI is InChI=1S/C17H34O3/c1-7-9-10-20-16(18)17(11-14(3)4,12-15(5)6)13-19-8-2/h14-15H,7-13H2,1-6H3. The lowest BCUT2D eigenvalue weighted by atomic mass is 9.74. The van der Waals surface area contributed by atoms with Gasteiger partial charge in [-0.05, 0) is 38.0 Å².